The van der Waals surface area contributed by atoms with Crippen molar-refractivity contribution in [1.82, 2.24) is 15.1 Å². The minimum absolute atomic E-state index is 0.197. The van der Waals surface area contributed by atoms with Crippen LogP contribution in [-0.4, -0.2) is 73.9 Å². The first-order valence-corrected chi connectivity index (χ1v) is 8.79. The van der Waals surface area contributed by atoms with Crippen LogP contribution < -0.4 is 10.1 Å². The summed E-state index contributed by atoms with van der Waals surface area (Å²) in [4.78, 5) is 4.87. The molecule has 23 heavy (non-hydrogen) atoms. The third-order valence-electron chi connectivity index (χ3n) is 4.45. The van der Waals surface area contributed by atoms with Gasteiger partial charge >= 0.3 is 0 Å². The van der Waals surface area contributed by atoms with Crippen molar-refractivity contribution in [3.05, 3.63) is 29.8 Å². The van der Waals surface area contributed by atoms with E-state index in [1.165, 1.54) is 5.56 Å². The van der Waals surface area contributed by atoms with E-state index in [9.17, 15) is 5.11 Å². The number of rotatable bonds is 9. The molecule has 5 heteroatoms. The summed E-state index contributed by atoms with van der Waals surface area (Å²) in [7, 11) is 0. The zero-order chi connectivity index (χ0) is 16.5. The fourth-order valence-corrected chi connectivity index (χ4v) is 3.19. The van der Waals surface area contributed by atoms with E-state index in [0.29, 0.717) is 19.2 Å². The molecule has 1 saturated heterocycles. The highest BCUT2D eigenvalue weighted by Gasteiger charge is 2.23. The molecule has 0 bridgehead atoms. The van der Waals surface area contributed by atoms with Gasteiger partial charge < -0.3 is 15.2 Å². The molecule has 1 atom stereocenters. The summed E-state index contributed by atoms with van der Waals surface area (Å²) in [6, 6.07) is 8.74. The van der Waals surface area contributed by atoms with Crippen molar-refractivity contribution in [2.75, 3.05) is 59.0 Å². The molecule has 1 aliphatic rings. The van der Waals surface area contributed by atoms with Gasteiger partial charge in [-0.15, -0.1) is 0 Å². The van der Waals surface area contributed by atoms with E-state index >= 15 is 0 Å². The summed E-state index contributed by atoms with van der Waals surface area (Å²) in [6.07, 6.45) is 0. The van der Waals surface area contributed by atoms with Crippen molar-refractivity contribution in [2.24, 2.45) is 0 Å². The van der Waals surface area contributed by atoms with Gasteiger partial charge in [0.1, 0.15) is 5.75 Å². The van der Waals surface area contributed by atoms with Crippen LogP contribution in [0.15, 0.2) is 24.3 Å². The van der Waals surface area contributed by atoms with Gasteiger partial charge in [-0.2, -0.15) is 0 Å². The van der Waals surface area contributed by atoms with Crippen LogP contribution in [0, 0.1) is 0 Å². The lowest BCUT2D eigenvalue weighted by Crippen LogP contribution is -2.47. The van der Waals surface area contributed by atoms with Crippen LogP contribution in [0.3, 0.4) is 0 Å². The van der Waals surface area contributed by atoms with Crippen molar-refractivity contribution in [2.45, 2.75) is 19.9 Å². The zero-order valence-corrected chi connectivity index (χ0v) is 14.5. The topological polar surface area (TPSA) is 48.0 Å². The largest absolute Gasteiger partial charge is 0.494 e. The van der Waals surface area contributed by atoms with Gasteiger partial charge in [0, 0.05) is 45.3 Å². The van der Waals surface area contributed by atoms with Gasteiger partial charge in [0.2, 0.25) is 0 Å². The van der Waals surface area contributed by atoms with Crippen LogP contribution in [0.2, 0.25) is 0 Å². The van der Waals surface area contributed by atoms with Crippen molar-refractivity contribution < 1.29 is 9.84 Å². The first-order chi connectivity index (χ1) is 11.3. The molecule has 1 aliphatic heterocycles. The Balaban J connectivity index is 2.13. The molecule has 0 saturated carbocycles. The number of nitrogens with one attached hydrogen (secondary N) is 1. The van der Waals surface area contributed by atoms with E-state index < -0.39 is 0 Å². The first kappa shape index (κ1) is 18.2. The smallest absolute Gasteiger partial charge is 0.119 e. The van der Waals surface area contributed by atoms with Crippen LogP contribution >= 0.6 is 0 Å². The number of hydrogen-bond donors (Lipinski definition) is 2. The van der Waals surface area contributed by atoms with Gasteiger partial charge in [-0.05, 0) is 31.2 Å². The first-order valence-electron chi connectivity index (χ1n) is 8.79. The molecule has 130 valence electrons. The molecule has 1 fully saturated rings. The molecule has 0 aromatic heterocycles. The summed E-state index contributed by atoms with van der Waals surface area (Å²) >= 11 is 0. The second-order valence-electron chi connectivity index (χ2n) is 5.92. The lowest BCUT2D eigenvalue weighted by atomic mass is 10.0. The molecule has 0 spiro atoms. The van der Waals surface area contributed by atoms with Gasteiger partial charge in [-0.1, -0.05) is 19.1 Å². The molecule has 1 aromatic carbocycles. The summed E-state index contributed by atoms with van der Waals surface area (Å²) in [5.74, 6) is 0.919. The van der Waals surface area contributed by atoms with Crippen molar-refractivity contribution in [3.63, 3.8) is 0 Å². The quantitative estimate of drug-likeness (QED) is 0.719. The predicted molar refractivity (Wildman–Crippen MR) is 94.0 cm³/mol. The molecule has 0 amide bonds. The van der Waals surface area contributed by atoms with E-state index in [2.05, 4.69) is 46.3 Å². The van der Waals surface area contributed by atoms with Crippen LogP contribution in [0.5, 0.6) is 5.75 Å². The molecule has 1 unspecified atom stereocenters. The summed E-state index contributed by atoms with van der Waals surface area (Å²) < 4.78 is 5.55. The summed E-state index contributed by atoms with van der Waals surface area (Å²) in [6.45, 7) is 12.0. The number of aliphatic hydroxyl groups is 1. The Bertz CT molecular complexity index is 432. The second kappa shape index (κ2) is 9.88. The number of benzene rings is 1. The van der Waals surface area contributed by atoms with Crippen LogP contribution in [0.4, 0.5) is 0 Å². The number of piperazine rings is 1. The Morgan fingerprint density at radius 3 is 2.48 bits per heavy atom. The fraction of sp³-hybridized carbons (Fsp3) is 0.667. The minimum Gasteiger partial charge on any atom is -0.494 e. The van der Waals surface area contributed by atoms with Gasteiger partial charge in [0.15, 0.2) is 0 Å². The average molecular weight is 321 g/mol. The third-order valence-corrected chi connectivity index (χ3v) is 4.45. The van der Waals surface area contributed by atoms with E-state index in [-0.39, 0.29) is 6.61 Å². The Labute approximate surface area is 140 Å². The molecule has 0 radical (unpaired) electrons. The Kier molecular flexibility index (Phi) is 7.82. The van der Waals surface area contributed by atoms with E-state index in [1.54, 1.807) is 0 Å². The average Bonchev–Trinajstić information content (AvgIpc) is 2.60. The third kappa shape index (κ3) is 5.46. The Morgan fingerprint density at radius 1 is 1.22 bits per heavy atom. The number of aliphatic hydroxyl groups excluding tert-OH is 1. The Hall–Kier alpha value is -1.14. The zero-order valence-electron chi connectivity index (χ0n) is 14.5. The molecule has 5 nitrogen and oxygen atoms in total. The SMILES string of the molecule is CCOc1ccc(C(CN2CCNCC2)N(CC)CCO)cc1. The van der Waals surface area contributed by atoms with E-state index in [1.807, 2.05) is 6.92 Å². The number of likely N-dealkylation sites (N-methyl/N-ethyl adjacent to an activating group) is 1. The van der Waals surface area contributed by atoms with Gasteiger partial charge in [0.25, 0.3) is 0 Å². The van der Waals surface area contributed by atoms with Crippen LogP contribution in [0.1, 0.15) is 25.5 Å². The maximum atomic E-state index is 9.40. The van der Waals surface area contributed by atoms with Gasteiger partial charge in [-0.25, -0.2) is 0 Å². The lowest BCUT2D eigenvalue weighted by Gasteiger charge is -2.36. The highest BCUT2D eigenvalue weighted by atomic mass is 16.5. The maximum absolute atomic E-state index is 9.40. The normalized spacial score (nSPS) is 17.4. The molecule has 1 heterocycles. The molecule has 0 aliphatic carbocycles. The van der Waals surface area contributed by atoms with E-state index in [4.69, 9.17) is 4.74 Å². The Morgan fingerprint density at radius 2 is 1.91 bits per heavy atom. The lowest BCUT2D eigenvalue weighted by molar-refractivity contribution is 0.113. The van der Waals surface area contributed by atoms with Crippen molar-refractivity contribution >= 4 is 0 Å². The van der Waals surface area contributed by atoms with Crippen LogP contribution in [0.25, 0.3) is 0 Å². The fourth-order valence-electron chi connectivity index (χ4n) is 3.19. The highest BCUT2D eigenvalue weighted by molar-refractivity contribution is 5.29. The number of nitrogens with zero attached hydrogens (tertiary/aromatic N) is 2. The summed E-state index contributed by atoms with van der Waals surface area (Å²) in [5.41, 5.74) is 1.29. The van der Waals surface area contributed by atoms with Crippen molar-refractivity contribution in [1.29, 1.82) is 0 Å². The predicted octanol–water partition coefficient (Wildman–Crippen LogP) is 1.35. The molecular formula is C18H31N3O2. The summed E-state index contributed by atoms with van der Waals surface area (Å²) in [5, 5.41) is 12.8. The molecular weight excluding hydrogens is 290 g/mol. The number of ether oxygens (including phenoxy) is 1. The van der Waals surface area contributed by atoms with Crippen LogP contribution in [-0.2, 0) is 0 Å². The molecule has 1 aromatic rings. The molecule has 2 N–H and O–H groups in total. The van der Waals surface area contributed by atoms with Gasteiger partial charge in [-0.3, -0.25) is 9.80 Å². The van der Waals surface area contributed by atoms with Crippen molar-refractivity contribution in [3.8, 4) is 5.75 Å². The highest BCUT2D eigenvalue weighted by Crippen LogP contribution is 2.24. The van der Waals surface area contributed by atoms with Gasteiger partial charge in [0.05, 0.1) is 13.2 Å². The van der Waals surface area contributed by atoms with E-state index in [0.717, 1.165) is 45.0 Å². The second-order valence-corrected chi connectivity index (χ2v) is 5.92. The standard InChI is InChI=1S/C18H31N3O2/c1-3-21(13-14-22)18(15-20-11-9-19-10-12-20)16-5-7-17(8-6-16)23-4-2/h5-8,18-19,22H,3-4,9-15H2,1-2H3. The monoisotopic (exact) mass is 321 g/mol. The number of hydrogen-bond acceptors (Lipinski definition) is 5. The minimum atomic E-state index is 0.197. The molecule has 2 rings (SSSR count). The maximum Gasteiger partial charge on any atom is 0.119 e.